The number of carbonyl (C=O) groups excluding carboxylic acids is 1. The molecule has 0 spiro atoms. The smallest absolute Gasteiger partial charge is 0.242 e. The molecule has 5 rings (SSSR count). The zero-order chi connectivity index (χ0) is 20.0. The molecule has 2 aliphatic heterocycles. The zero-order valence-electron chi connectivity index (χ0n) is 16.8. The Morgan fingerprint density at radius 3 is 2.76 bits per heavy atom. The lowest BCUT2D eigenvalue weighted by atomic mass is 10.0. The van der Waals surface area contributed by atoms with Crippen molar-refractivity contribution in [3.8, 4) is 0 Å². The minimum atomic E-state index is 0.197. The normalized spacial score (nSPS) is 19.1. The van der Waals surface area contributed by atoms with E-state index in [0.29, 0.717) is 25.6 Å². The van der Waals surface area contributed by atoms with Gasteiger partial charge in [-0.1, -0.05) is 25.1 Å². The molecule has 1 fully saturated rings. The molecular formula is C21H25N7O. The van der Waals surface area contributed by atoms with E-state index in [9.17, 15) is 4.79 Å². The van der Waals surface area contributed by atoms with Gasteiger partial charge in [0.2, 0.25) is 5.91 Å². The minimum Gasteiger partial charge on any atom is -0.361 e. The highest BCUT2D eigenvalue weighted by Gasteiger charge is 2.29. The van der Waals surface area contributed by atoms with Crippen LogP contribution in [0.15, 0.2) is 36.8 Å². The molecule has 2 aromatic heterocycles. The van der Waals surface area contributed by atoms with Crippen molar-refractivity contribution in [1.29, 1.82) is 0 Å². The first-order valence-corrected chi connectivity index (χ1v) is 10.1. The van der Waals surface area contributed by atoms with Crippen molar-refractivity contribution in [3.05, 3.63) is 42.4 Å². The van der Waals surface area contributed by atoms with E-state index in [4.69, 9.17) is 0 Å². The molecule has 0 bridgehead atoms. The molecule has 1 saturated heterocycles. The molecule has 8 nitrogen and oxygen atoms in total. The van der Waals surface area contributed by atoms with E-state index in [0.717, 1.165) is 36.5 Å². The second-order valence-electron chi connectivity index (χ2n) is 7.91. The van der Waals surface area contributed by atoms with E-state index in [-0.39, 0.29) is 5.91 Å². The highest BCUT2D eigenvalue weighted by Crippen LogP contribution is 2.35. The molecule has 0 saturated carbocycles. The summed E-state index contributed by atoms with van der Waals surface area (Å²) in [6.45, 7) is 6.51. The van der Waals surface area contributed by atoms with Gasteiger partial charge in [0.25, 0.3) is 0 Å². The summed E-state index contributed by atoms with van der Waals surface area (Å²) in [5, 5.41) is 5.25. The first-order valence-electron chi connectivity index (χ1n) is 10.1. The molecule has 1 unspecified atom stereocenters. The number of hydrogen-bond donors (Lipinski definition) is 0. The van der Waals surface area contributed by atoms with Crippen LogP contribution in [0, 0.1) is 0 Å². The molecule has 1 atom stereocenters. The molecule has 29 heavy (non-hydrogen) atoms. The van der Waals surface area contributed by atoms with Crippen LogP contribution >= 0.6 is 0 Å². The van der Waals surface area contributed by atoms with Crippen molar-refractivity contribution in [2.24, 2.45) is 7.05 Å². The number of piperazine rings is 1. The van der Waals surface area contributed by atoms with Gasteiger partial charge in [-0.25, -0.2) is 9.97 Å². The molecule has 3 aromatic rings. The highest BCUT2D eigenvalue weighted by atomic mass is 16.2. The zero-order valence-corrected chi connectivity index (χ0v) is 16.8. The van der Waals surface area contributed by atoms with Crippen LogP contribution in [-0.4, -0.2) is 69.8 Å². The fourth-order valence-electron chi connectivity index (χ4n) is 4.50. The van der Waals surface area contributed by atoms with Gasteiger partial charge in [0.15, 0.2) is 5.65 Å². The average molecular weight is 391 g/mol. The maximum atomic E-state index is 13.0. The van der Waals surface area contributed by atoms with Gasteiger partial charge in [0.05, 0.1) is 18.1 Å². The highest BCUT2D eigenvalue weighted by molar-refractivity contribution is 5.87. The van der Waals surface area contributed by atoms with E-state index in [1.54, 1.807) is 11.0 Å². The lowest BCUT2D eigenvalue weighted by molar-refractivity contribution is -0.130. The molecule has 2 aliphatic rings. The number of benzene rings is 1. The molecule has 4 heterocycles. The number of aromatic nitrogens is 4. The Labute approximate surface area is 169 Å². The van der Waals surface area contributed by atoms with Gasteiger partial charge in [-0.2, -0.15) is 5.10 Å². The Morgan fingerprint density at radius 1 is 1.14 bits per heavy atom. The monoisotopic (exact) mass is 391 g/mol. The van der Waals surface area contributed by atoms with E-state index in [1.807, 2.05) is 24.2 Å². The molecule has 8 heteroatoms. The van der Waals surface area contributed by atoms with E-state index >= 15 is 0 Å². The molecule has 1 amide bonds. The van der Waals surface area contributed by atoms with Crippen LogP contribution in [-0.2, 0) is 11.8 Å². The number of amides is 1. The van der Waals surface area contributed by atoms with Crippen molar-refractivity contribution in [2.75, 3.05) is 49.1 Å². The SMILES string of the molecule is CC1CN(CC(=O)N2CCN(c3ncnc4c3cnn4C)CC2)c2ccccc21. The quantitative estimate of drug-likeness (QED) is 0.676. The summed E-state index contributed by atoms with van der Waals surface area (Å²) >= 11 is 0. The minimum absolute atomic E-state index is 0.197. The average Bonchev–Trinajstić information content (AvgIpc) is 3.29. The van der Waals surface area contributed by atoms with Crippen LogP contribution in [0.5, 0.6) is 0 Å². The van der Waals surface area contributed by atoms with E-state index in [2.05, 4.69) is 50.0 Å². The Kier molecular flexibility index (Phi) is 4.34. The molecule has 1 aromatic carbocycles. The molecule has 0 N–H and O–H groups in total. The summed E-state index contributed by atoms with van der Waals surface area (Å²) in [6, 6.07) is 8.42. The number of para-hydroxylation sites is 1. The van der Waals surface area contributed by atoms with Crippen LogP contribution < -0.4 is 9.80 Å². The number of carbonyl (C=O) groups is 1. The second kappa shape index (κ2) is 7.02. The lowest BCUT2D eigenvalue weighted by Crippen LogP contribution is -2.51. The Morgan fingerprint density at radius 2 is 1.93 bits per heavy atom. The number of anilines is 2. The van der Waals surface area contributed by atoms with Crippen molar-refractivity contribution in [1.82, 2.24) is 24.6 Å². The van der Waals surface area contributed by atoms with Gasteiger partial charge in [-0.15, -0.1) is 0 Å². The van der Waals surface area contributed by atoms with Crippen molar-refractivity contribution >= 4 is 28.4 Å². The van der Waals surface area contributed by atoms with Crippen molar-refractivity contribution < 1.29 is 4.79 Å². The molecule has 0 radical (unpaired) electrons. The lowest BCUT2D eigenvalue weighted by Gasteiger charge is -2.36. The van der Waals surface area contributed by atoms with Crippen LogP contribution in [0.3, 0.4) is 0 Å². The van der Waals surface area contributed by atoms with Gasteiger partial charge in [-0.05, 0) is 11.6 Å². The van der Waals surface area contributed by atoms with Crippen molar-refractivity contribution in [2.45, 2.75) is 12.8 Å². The fourth-order valence-corrected chi connectivity index (χ4v) is 4.50. The standard InChI is InChI=1S/C21H25N7O/c1-15-12-28(18-6-4-3-5-16(15)18)13-19(29)26-7-9-27(10-8-26)21-17-11-24-25(2)20(17)22-14-23-21/h3-6,11,14-15H,7-10,12-13H2,1-2H3. The second-order valence-corrected chi connectivity index (χ2v) is 7.91. The summed E-state index contributed by atoms with van der Waals surface area (Å²) in [7, 11) is 1.88. The predicted octanol–water partition coefficient (Wildman–Crippen LogP) is 1.64. The molecular weight excluding hydrogens is 366 g/mol. The van der Waals surface area contributed by atoms with Crippen LogP contribution in [0.1, 0.15) is 18.4 Å². The van der Waals surface area contributed by atoms with Gasteiger partial charge in [0, 0.05) is 51.4 Å². The third-order valence-corrected chi connectivity index (χ3v) is 6.07. The summed E-state index contributed by atoms with van der Waals surface area (Å²) in [5.41, 5.74) is 3.37. The topological polar surface area (TPSA) is 70.4 Å². The first kappa shape index (κ1) is 17.9. The maximum absolute atomic E-state index is 13.0. The Bertz CT molecular complexity index is 1050. The van der Waals surface area contributed by atoms with Crippen LogP contribution in [0.4, 0.5) is 11.5 Å². The largest absolute Gasteiger partial charge is 0.361 e. The Hall–Kier alpha value is -3.16. The van der Waals surface area contributed by atoms with Crippen molar-refractivity contribution in [3.63, 3.8) is 0 Å². The maximum Gasteiger partial charge on any atom is 0.242 e. The van der Waals surface area contributed by atoms with Gasteiger partial charge < -0.3 is 14.7 Å². The Balaban J connectivity index is 1.25. The van der Waals surface area contributed by atoms with Gasteiger partial charge in [0.1, 0.15) is 12.1 Å². The van der Waals surface area contributed by atoms with Gasteiger partial charge in [-0.3, -0.25) is 9.48 Å². The number of hydrogen-bond acceptors (Lipinski definition) is 6. The number of rotatable bonds is 3. The number of fused-ring (bicyclic) bond motifs is 2. The van der Waals surface area contributed by atoms with E-state index in [1.165, 1.54) is 11.3 Å². The third kappa shape index (κ3) is 3.08. The third-order valence-electron chi connectivity index (χ3n) is 6.07. The summed E-state index contributed by atoms with van der Waals surface area (Å²) in [6.07, 6.45) is 3.40. The first-order chi connectivity index (χ1) is 14.1. The summed E-state index contributed by atoms with van der Waals surface area (Å²) < 4.78 is 1.76. The molecule has 0 aliphatic carbocycles. The van der Waals surface area contributed by atoms with Crippen LogP contribution in [0.2, 0.25) is 0 Å². The fraction of sp³-hybridized carbons (Fsp3) is 0.429. The summed E-state index contributed by atoms with van der Waals surface area (Å²) in [4.78, 5) is 28.2. The van der Waals surface area contributed by atoms with Gasteiger partial charge >= 0.3 is 0 Å². The number of nitrogens with zero attached hydrogens (tertiary/aromatic N) is 7. The molecule has 150 valence electrons. The predicted molar refractivity (Wildman–Crippen MR) is 112 cm³/mol. The van der Waals surface area contributed by atoms with Crippen LogP contribution in [0.25, 0.3) is 11.0 Å². The summed E-state index contributed by atoms with van der Waals surface area (Å²) in [5.74, 6) is 1.57. The van der Waals surface area contributed by atoms with E-state index < -0.39 is 0 Å². The number of aryl methyl sites for hydroxylation is 1.